The highest BCUT2D eigenvalue weighted by Crippen LogP contribution is 2.02. The fourth-order valence-corrected chi connectivity index (χ4v) is 2.28. The van der Waals surface area contributed by atoms with Gasteiger partial charge in [-0.25, -0.2) is 13.1 Å². The Kier molecular flexibility index (Phi) is 6.28. The van der Waals surface area contributed by atoms with Crippen LogP contribution in [0.3, 0.4) is 0 Å². The average molecular weight is 209 g/mol. The van der Waals surface area contributed by atoms with Crippen molar-refractivity contribution in [2.75, 3.05) is 12.4 Å². The zero-order valence-corrected chi connectivity index (χ0v) is 9.10. The summed E-state index contributed by atoms with van der Waals surface area (Å²) in [5, 5.41) is 8.50. The fraction of sp³-hybridized carbons (Fsp3) is 1.00. The van der Waals surface area contributed by atoms with Gasteiger partial charge in [0.1, 0.15) is 0 Å². The van der Waals surface area contributed by atoms with Crippen LogP contribution in [0.5, 0.6) is 0 Å². The molecule has 13 heavy (non-hydrogen) atoms. The number of aliphatic hydroxyl groups is 1. The third kappa shape index (κ3) is 6.01. The molecule has 80 valence electrons. The first kappa shape index (κ1) is 12.9. The number of aliphatic hydroxyl groups excluding tert-OH is 1. The van der Waals surface area contributed by atoms with Crippen LogP contribution < -0.4 is 4.72 Å². The van der Waals surface area contributed by atoms with Gasteiger partial charge in [0, 0.05) is 6.04 Å². The van der Waals surface area contributed by atoms with E-state index in [4.69, 9.17) is 5.11 Å². The van der Waals surface area contributed by atoms with Gasteiger partial charge in [-0.2, -0.15) is 0 Å². The lowest BCUT2D eigenvalue weighted by Gasteiger charge is -2.15. The van der Waals surface area contributed by atoms with Crippen molar-refractivity contribution in [2.24, 2.45) is 0 Å². The monoisotopic (exact) mass is 209 g/mol. The van der Waals surface area contributed by atoms with Crippen LogP contribution >= 0.6 is 0 Å². The summed E-state index contributed by atoms with van der Waals surface area (Å²) < 4.78 is 25.0. The summed E-state index contributed by atoms with van der Waals surface area (Å²) in [5.74, 6) is -0.201. The topological polar surface area (TPSA) is 66.4 Å². The van der Waals surface area contributed by atoms with Gasteiger partial charge in [0.2, 0.25) is 10.0 Å². The molecule has 0 aliphatic heterocycles. The Morgan fingerprint density at radius 3 is 2.38 bits per heavy atom. The van der Waals surface area contributed by atoms with Crippen molar-refractivity contribution in [1.29, 1.82) is 0 Å². The Labute approximate surface area is 80.4 Å². The van der Waals surface area contributed by atoms with Crippen LogP contribution in [0.25, 0.3) is 0 Å². The van der Waals surface area contributed by atoms with E-state index in [1.54, 1.807) is 0 Å². The lowest BCUT2D eigenvalue weighted by atomic mass is 10.1. The molecule has 0 bridgehead atoms. The third-order valence-corrected chi connectivity index (χ3v) is 3.25. The molecular weight excluding hydrogens is 190 g/mol. The third-order valence-electron chi connectivity index (χ3n) is 1.84. The molecule has 0 saturated carbocycles. The molecule has 0 spiro atoms. The molecule has 0 aromatic rings. The van der Waals surface area contributed by atoms with Crippen LogP contribution in [0.15, 0.2) is 0 Å². The largest absolute Gasteiger partial charge is 0.395 e. The van der Waals surface area contributed by atoms with Crippen LogP contribution in [0, 0.1) is 0 Å². The van der Waals surface area contributed by atoms with E-state index in [0.29, 0.717) is 0 Å². The van der Waals surface area contributed by atoms with E-state index in [-0.39, 0.29) is 18.4 Å². The maximum atomic E-state index is 11.2. The predicted molar refractivity (Wildman–Crippen MR) is 53.0 cm³/mol. The van der Waals surface area contributed by atoms with Crippen molar-refractivity contribution in [2.45, 2.75) is 39.2 Å². The molecule has 0 aromatic carbocycles. The zero-order chi connectivity index (χ0) is 10.3. The van der Waals surface area contributed by atoms with Crippen molar-refractivity contribution in [3.05, 3.63) is 0 Å². The Morgan fingerprint density at radius 1 is 1.38 bits per heavy atom. The molecule has 0 aliphatic rings. The van der Waals surface area contributed by atoms with E-state index in [1.807, 2.05) is 13.8 Å². The lowest BCUT2D eigenvalue weighted by molar-refractivity contribution is 0.318. The fourth-order valence-electron chi connectivity index (χ4n) is 1.13. The SMILES string of the molecule is CCCC(CC)NS(=O)(=O)CCO. The minimum atomic E-state index is -3.27. The number of hydrogen-bond acceptors (Lipinski definition) is 3. The second-order valence-electron chi connectivity index (χ2n) is 3.05. The summed E-state index contributed by atoms with van der Waals surface area (Å²) in [6, 6.07) is 0.0153. The Morgan fingerprint density at radius 2 is 2.00 bits per heavy atom. The number of hydrogen-bond donors (Lipinski definition) is 2. The summed E-state index contributed by atoms with van der Waals surface area (Å²) in [4.78, 5) is 0. The smallest absolute Gasteiger partial charge is 0.214 e. The highest BCUT2D eigenvalue weighted by molar-refractivity contribution is 7.89. The van der Waals surface area contributed by atoms with E-state index < -0.39 is 10.0 Å². The van der Waals surface area contributed by atoms with Gasteiger partial charge in [0.15, 0.2) is 0 Å². The van der Waals surface area contributed by atoms with E-state index in [9.17, 15) is 8.42 Å². The van der Waals surface area contributed by atoms with Gasteiger partial charge < -0.3 is 5.11 Å². The van der Waals surface area contributed by atoms with E-state index in [1.165, 1.54) is 0 Å². The molecule has 0 aliphatic carbocycles. The van der Waals surface area contributed by atoms with Crippen LogP contribution in [-0.4, -0.2) is 31.9 Å². The summed E-state index contributed by atoms with van der Waals surface area (Å²) in [5.41, 5.74) is 0. The van der Waals surface area contributed by atoms with Gasteiger partial charge in [-0.1, -0.05) is 20.3 Å². The second-order valence-corrected chi connectivity index (χ2v) is 4.93. The van der Waals surface area contributed by atoms with Crippen LogP contribution in [0.2, 0.25) is 0 Å². The van der Waals surface area contributed by atoms with E-state index in [2.05, 4.69) is 4.72 Å². The molecule has 0 aromatic heterocycles. The number of nitrogens with one attached hydrogen (secondary N) is 1. The van der Waals surface area contributed by atoms with Gasteiger partial charge >= 0.3 is 0 Å². The van der Waals surface area contributed by atoms with Crippen molar-refractivity contribution >= 4 is 10.0 Å². The molecule has 0 fully saturated rings. The summed E-state index contributed by atoms with van der Waals surface area (Å²) >= 11 is 0. The van der Waals surface area contributed by atoms with Gasteiger partial charge in [-0.3, -0.25) is 0 Å². The van der Waals surface area contributed by atoms with Crippen molar-refractivity contribution < 1.29 is 13.5 Å². The zero-order valence-electron chi connectivity index (χ0n) is 8.28. The molecule has 0 saturated heterocycles. The maximum absolute atomic E-state index is 11.2. The second kappa shape index (κ2) is 6.34. The standard InChI is InChI=1S/C8H19NO3S/c1-3-5-8(4-2)9-13(11,12)7-6-10/h8-10H,3-7H2,1-2H3. The molecule has 5 heteroatoms. The highest BCUT2D eigenvalue weighted by atomic mass is 32.2. The van der Waals surface area contributed by atoms with E-state index in [0.717, 1.165) is 19.3 Å². The van der Waals surface area contributed by atoms with Crippen molar-refractivity contribution in [3.8, 4) is 0 Å². The quantitative estimate of drug-likeness (QED) is 0.641. The summed E-state index contributed by atoms with van der Waals surface area (Å²) in [6.45, 7) is 3.64. The molecule has 4 nitrogen and oxygen atoms in total. The van der Waals surface area contributed by atoms with Gasteiger partial charge in [0.05, 0.1) is 12.4 Å². The molecular formula is C8H19NO3S. The maximum Gasteiger partial charge on any atom is 0.214 e. The van der Waals surface area contributed by atoms with Gasteiger partial charge in [0.25, 0.3) is 0 Å². The van der Waals surface area contributed by atoms with Gasteiger partial charge in [-0.15, -0.1) is 0 Å². The molecule has 1 atom stereocenters. The van der Waals surface area contributed by atoms with E-state index >= 15 is 0 Å². The highest BCUT2D eigenvalue weighted by Gasteiger charge is 2.14. The predicted octanol–water partition coefficient (Wildman–Crippen LogP) is 0.477. The first-order chi connectivity index (χ1) is 6.05. The van der Waals surface area contributed by atoms with Crippen LogP contribution in [0.4, 0.5) is 0 Å². The summed E-state index contributed by atoms with van der Waals surface area (Å²) in [7, 11) is -3.27. The minimum absolute atomic E-state index is 0.0153. The minimum Gasteiger partial charge on any atom is -0.395 e. The van der Waals surface area contributed by atoms with Crippen LogP contribution in [-0.2, 0) is 10.0 Å². The Balaban J connectivity index is 4.06. The Hall–Kier alpha value is -0.130. The molecule has 0 heterocycles. The molecule has 1 unspecified atom stereocenters. The van der Waals surface area contributed by atoms with Crippen molar-refractivity contribution in [3.63, 3.8) is 0 Å². The summed E-state index contributed by atoms with van der Waals surface area (Å²) in [6.07, 6.45) is 2.60. The van der Waals surface area contributed by atoms with Gasteiger partial charge in [-0.05, 0) is 12.8 Å². The van der Waals surface area contributed by atoms with Crippen LogP contribution in [0.1, 0.15) is 33.1 Å². The lowest BCUT2D eigenvalue weighted by Crippen LogP contribution is -2.36. The van der Waals surface area contributed by atoms with Crippen molar-refractivity contribution in [1.82, 2.24) is 4.72 Å². The first-order valence-corrected chi connectivity index (χ1v) is 6.31. The average Bonchev–Trinajstić information content (AvgIpc) is 2.03. The first-order valence-electron chi connectivity index (χ1n) is 4.66. The molecule has 2 N–H and O–H groups in total. The molecule has 0 rings (SSSR count). The number of sulfonamides is 1. The Bertz CT molecular complexity index is 213. The molecule has 0 amide bonds. The molecule has 0 radical (unpaired) electrons. The number of rotatable bonds is 7. The normalized spacial score (nSPS) is 14.4.